The van der Waals surface area contributed by atoms with Gasteiger partial charge in [0, 0.05) is 59.1 Å². The number of phenolic OH excluding ortho intramolecular Hbond substituents is 1. The summed E-state index contributed by atoms with van der Waals surface area (Å²) < 4.78 is 11.0. The van der Waals surface area contributed by atoms with E-state index in [1.54, 1.807) is 61.5 Å². The number of hydrogen-bond donors (Lipinski definition) is 9. The summed E-state index contributed by atoms with van der Waals surface area (Å²) in [5, 5.41) is 42.6. The molecule has 3 aliphatic rings. The number of aliphatic hydroxyl groups excluding tert-OH is 1. The second kappa shape index (κ2) is 22.3. The van der Waals surface area contributed by atoms with Crippen LogP contribution in [-0.2, 0) is 9.53 Å². The lowest BCUT2D eigenvalue weighted by Crippen LogP contribution is -2.26. The number of aliphatic hydroxyl groups is 1. The monoisotopic (exact) mass is 948 g/mol. The fourth-order valence-electron chi connectivity index (χ4n) is 7.16. The molecule has 0 unspecified atom stereocenters. The smallest absolute Gasteiger partial charge is 0.344 e. The Morgan fingerprint density at radius 1 is 0.739 bits per heavy atom. The Kier molecular flexibility index (Phi) is 15.1. The van der Waals surface area contributed by atoms with Crippen LogP contribution in [0.1, 0.15) is 40.4 Å². The number of anilines is 4. The van der Waals surface area contributed by atoms with E-state index in [4.69, 9.17) is 9.47 Å². The van der Waals surface area contributed by atoms with E-state index in [1.165, 1.54) is 24.3 Å². The predicted octanol–water partition coefficient (Wildman–Crippen LogP) is 7.77. The molecule has 9 N–H and O–H groups in total. The first-order chi connectivity index (χ1) is 33.6. The molecule has 69 heavy (non-hydrogen) atoms. The molecule has 0 saturated heterocycles. The largest absolute Gasteiger partial charge is 0.506 e. The van der Waals surface area contributed by atoms with Crippen molar-refractivity contribution >= 4 is 86.9 Å². The number of benzene rings is 5. The van der Waals surface area contributed by atoms with E-state index < -0.39 is 23.9 Å². The molecule has 3 heterocycles. The normalized spacial score (nSPS) is 15.1. The van der Waals surface area contributed by atoms with E-state index in [1.807, 2.05) is 42.5 Å². The number of carbonyl (C=O) groups is 4. The van der Waals surface area contributed by atoms with Crippen LogP contribution in [-0.4, -0.2) is 96.8 Å². The highest BCUT2D eigenvalue weighted by atomic mass is 32.2. The molecule has 18 nitrogen and oxygen atoms in total. The van der Waals surface area contributed by atoms with Crippen LogP contribution in [0.5, 0.6) is 11.5 Å². The van der Waals surface area contributed by atoms with E-state index >= 15 is 0 Å². The SMILES string of the molecule is CCOC(=O)C1=C(O)/C(=C/c2ccc(OCCCNC(=O)c3cc(NC(=O)Nc4ccc(C5=NCCN5)cc4)cc(NC(=O)Nc4ccc(C5=NCCN5)cc4)c3)c(O)c2)SC1=Nc1ccccc1. The molecular weight excluding hydrogens is 901 g/mol. The van der Waals surface area contributed by atoms with Gasteiger partial charge in [-0.05, 0) is 116 Å². The van der Waals surface area contributed by atoms with Crippen molar-refractivity contribution in [1.82, 2.24) is 16.0 Å². The number of aromatic hydroxyl groups is 1. The van der Waals surface area contributed by atoms with Crippen LogP contribution in [0.25, 0.3) is 6.08 Å². The van der Waals surface area contributed by atoms with Gasteiger partial charge in [-0.25, -0.2) is 19.4 Å². The number of amides is 5. The number of amidine groups is 2. The van der Waals surface area contributed by atoms with Gasteiger partial charge < -0.3 is 56.9 Å². The van der Waals surface area contributed by atoms with Gasteiger partial charge in [-0.3, -0.25) is 14.8 Å². The standard InChI is InChI=1S/C50H48N10O8S/c1-2-67-48(64)42-43(62)41(69-47(42)56-34-7-4-3-5-8-34)26-30-9-18-40(39(61)25-30)68-24-6-19-55-46(63)33-27-37(59-49(65)57-35-14-10-31(11-15-35)44-51-20-21-52-44)29-38(28-33)60-50(66)58-36-16-12-32(13-17-36)45-53-22-23-54-45/h3-5,7-18,25-29,61-62H,2,6,19-24H2,1H3,(H,51,52)(H,53,54)(H,55,63)(H2,57,59,65)(H2,58,60,66)/b41-26-,56-47?. The molecule has 0 fully saturated rings. The number of para-hydroxylation sites is 1. The average molecular weight is 949 g/mol. The summed E-state index contributed by atoms with van der Waals surface area (Å²) >= 11 is 1.10. The zero-order valence-electron chi connectivity index (χ0n) is 37.3. The van der Waals surface area contributed by atoms with Crippen LogP contribution in [0.15, 0.2) is 146 Å². The number of nitrogens with zero attached hydrogens (tertiary/aromatic N) is 3. The van der Waals surface area contributed by atoms with E-state index in [-0.39, 0.29) is 64.6 Å². The Bertz CT molecular complexity index is 2800. The van der Waals surface area contributed by atoms with Gasteiger partial charge in [-0.1, -0.05) is 36.0 Å². The highest BCUT2D eigenvalue weighted by Gasteiger charge is 2.33. The summed E-state index contributed by atoms with van der Waals surface area (Å²) in [6, 6.07) is 31.5. The summed E-state index contributed by atoms with van der Waals surface area (Å²) in [6.45, 7) is 5.05. The molecule has 5 aromatic rings. The first-order valence-electron chi connectivity index (χ1n) is 22.1. The lowest BCUT2D eigenvalue weighted by atomic mass is 10.1. The van der Waals surface area contributed by atoms with Gasteiger partial charge in [0.25, 0.3) is 5.91 Å². The van der Waals surface area contributed by atoms with Gasteiger partial charge >= 0.3 is 18.0 Å². The number of phenols is 1. The van der Waals surface area contributed by atoms with Crippen molar-refractivity contribution in [2.24, 2.45) is 15.0 Å². The number of nitrogens with one attached hydrogen (secondary N) is 7. The maximum Gasteiger partial charge on any atom is 0.344 e. The third kappa shape index (κ3) is 12.5. The fourth-order valence-corrected chi connectivity index (χ4v) is 8.20. The van der Waals surface area contributed by atoms with E-state index in [2.05, 4.69) is 52.2 Å². The van der Waals surface area contributed by atoms with Crippen LogP contribution in [0.3, 0.4) is 0 Å². The van der Waals surface area contributed by atoms with Gasteiger partial charge in [-0.15, -0.1) is 0 Å². The lowest BCUT2D eigenvalue weighted by molar-refractivity contribution is -0.138. The number of aliphatic imine (C=N–C) groups is 3. The van der Waals surface area contributed by atoms with Gasteiger partial charge in [0.1, 0.15) is 28.0 Å². The van der Waals surface area contributed by atoms with Crippen molar-refractivity contribution in [3.05, 3.63) is 154 Å². The Morgan fingerprint density at radius 2 is 1.33 bits per heavy atom. The molecule has 0 saturated carbocycles. The number of esters is 1. The maximum atomic E-state index is 13.5. The number of hydrogen-bond acceptors (Lipinski definition) is 14. The number of ether oxygens (including phenoxy) is 2. The van der Waals surface area contributed by atoms with Gasteiger partial charge in [0.2, 0.25) is 0 Å². The minimum Gasteiger partial charge on any atom is -0.506 e. The molecule has 19 heteroatoms. The second-order valence-electron chi connectivity index (χ2n) is 15.4. The van der Waals surface area contributed by atoms with Crippen LogP contribution < -0.4 is 42.0 Å². The van der Waals surface area contributed by atoms with Crippen molar-refractivity contribution in [2.45, 2.75) is 13.3 Å². The molecule has 0 bridgehead atoms. The van der Waals surface area contributed by atoms with Gasteiger partial charge in [-0.2, -0.15) is 0 Å². The van der Waals surface area contributed by atoms with Crippen LogP contribution in [0.2, 0.25) is 0 Å². The molecule has 0 radical (unpaired) electrons. The summed E-state index contributed by atoms with van der Waals surface area (Å²) in [5.74, 6) is 0.159. The number of thioether (sulfide) groups is 1. The van der Waals surface area contributed by atoms with Crippen molar-refractivity contribution < 1.29 is 38.9 Å². The third-order valence-corrected chi connectivity index (χ3v) is 11.4. The van der Waals surface area contributed by atoms with Crippen molar-refractivity contribution in [1.29, 1.82) is 0 Å². The van der Waals surface area contributed by atoms with Crippen LogP contribution in [0, 0.1) is 0 Å². The average Bonchev–Trinajstić information content (AvgIpc) is 4.14. The maximum absolute atomic E-state index is 13.5. The Morgan fingerprint density at radius 3 is 1.88 bits per heavy atom. The number of urea groups is 2. The quantitative estimate of drug-likeness (QED) is 0.0341. The minimum atomic E-state index is -0.701. The van der Waals surface area contributed by atoms with Crippen molar-refractivity contribution in [2.75, 3.05) is 67.2 Å². The Hall–Kier alpha value is -8.58. The summed E-state index contributed by atoms with van der Waals surface area (Å²) in [7, 11) is 0. The Balaban J connectivity index is 0.884. The lowest BCUT2D eigenvalue weighted by Gasteiger charge is -2.14. The summed E-state index contributed by atoms with van der Waals surface area (Å²) in [4.78, 5) is 66.4. The van der Waals surface area contributed by atoms with E-state index in [9.17, 15) is 29.4 Å². The van der Waals surface area contributed by atoms with Crippen molar-refractivity contribution in [3.63, 3.8) is 0 Å². The fraction of sp³-hybridized carbons (Fsp3) is 0.180. The van der Waals surface area contributed by atoms with Crippen LogP contribution >= 0.6 is 11.8 Å². The summed E-state index contributed by atoms with van der Waals surface area (Å²) in [5.41, 5.74) is 4.56. The molecule has 0 spiro atoms. The zero-order chi connectivity index (χ0) is 48.1. The number of rotatable bonds is 16. The first-order valence-corrected chi connectivity index (χ1v) is 22.9. The topological polar surface area (TPSA) is 248 Å². The third-order valence-electron chi connectivity index (χ3n) is 10.4. The Labute approximate surface area is 401 Å². The summed E-state index contributed by atoms with van der Waals surface area (Å²) in [6.07, 6.45) is 1.97. The van der Waals surface area contributed by atoms with E-state index in [0.717, 1.165) is 47.6 Å². The molecule has 0 aliphatic carbocycles. The van der Waals surface area contributed by atoms with Crippen molar-refractivity contribution in [3.8, 4) is 11.5 Å². The molecule has 3 aliphatic heterocycles. The van der Waals surface area contributed by atoms with Crippen LogP contribution in [0.4, 0.5) is 38.0 Å². The van der Waals surface area contributed by atoms with Gasteiger partial charge in [0.05, 0.1) is 36.9 Å². The van der Waals surface area contributed by atoms with Gasteiger partial charge in [0.15, 0.2) is 11.5 Å². The highest BCUT2D eigenvalue weighted by molar-refractivity contribution is 8.18. The first kappa shape index (κ1) is 46.9. The molecule has 352 valence electrons. The molecule has 5 amide bonds. The molecule has 5 aromatic carbocycles. The zero-order valence-corrected chi connectivity index (χ0v) is 38.1. The highest BCUT2D eigenvalue weighted by Crippen LogP contribution is 2.41. The minimum absolute atomic E-state index is 0.0440. The predicted molar refractivity (Wildman–Crippen MR) is 269 cm³/mol. The molecule has 8 rings (SSSR count). The molecule has 0 aromatic heterocycles. The second-order valence-corrected chi connectivity index (χ2v) is 16.4. The number of carbonyl (C=O) groups excluding carboxylic acids is 4. The molecular formula is C50H48N10O8S. The molecule has 0 atom stereocenters. The van der Waals surface area contributed by atoms with E-state index in [0.29, 0.717) is 47.0 Å².